The van der Waals surface area contributed by atoms with Crippen LogP contribution in [0.5, 0.6) is 0 Å². The number of amides is 3. The van der Waals surface area contributed by atoms with Crippen LogP contribution >= 0.6 is 34.5 Å². The van der Waals surface area contributed by atoms with Gasteiger partial charge in [-0.2, -0.15) is 0 Å². The van der Waals surface area contributed by atoms with E-state index in [1.807, 2.05) is 0 Å². The van der Waals surface area contributed by atoms with Gasteiger partial charge in [-0.1, -0.05) is 28.1 Å². The van der Waals surface area contributed by atoms with Crippen LogP contribution in [-0.2, 0) is 48.9 Å². The predicted octanol–water partition coefficient (Wildman–Crippen LogP) is 0.414. The first kappa shape index (κ1) is 33.4. The van der Waals surface area contributed by atoms with Crippen molar-refractivity contribution in [2.24, 2.45) is 5.16 Å². The third kappa shape index (κ3) is 7.25. The van der Waals surface area contributed by atoms with E-state index in [2.05, 4.69) is 30.1 Å². The number of fused-ring (bicyclic) bond motifs is 1. The number of carbonyl (C=O) groups is 5. The van der Waals surface area contributed by atoms with Gasteiger partial charge < -0.3 is 24.2 Å². The Kier molecular flexibility index (Phi) is 10.7. The van der Waals surface area contributed by atoms with Crippen LogP contribution in [0.25, 0.3) is 0 Å². The van der Waals surface area contributed by atoms with E-state index in [4.69, 9.17) is 48.9 Å². The Labute approximate surface area is 257 Å². The minimum Gasteiger partial charge on any atom is -0.541 e. The van der Waals surface area contributed by atoms with Gasteiger partial charge in [0.25, 0.3) is 11.8 Å². The van der Waals surface area contributed by atoms with Crippen LogP contribution in [0.15, 0.2) is 16.4 Å². The molecule has 1 aromatic rings. The van der Waals surface area contributed by atoms with Gasteiger partial charge in [0, 0.05) is 5.88 Å². The van der Waals surface area contributed by atoms with Gasteiger partial charge in [0.1, 0.15) is 32.7 Å². The molecule has 3 rings (SSSR count). The number of nitrogens with one attached hydrogen (secondary N) is 2. The Morgan fingerprint density at radius 2 is 1.93 bits per heavy atom. The van der Waals surface area contributed by atoms with Gasteiger partial charge in [0.2, 0.25) is 6.10 Å². The molecule has 2 aliphatic heterocycles. The molecule has 4 radical (unpaired) electrons. The normalized spacial score (nSPS) is 21.0. The summed E-state index contributed by atoms with van der Waals surface area (Å²) in [5.74, 6) is -4.50. The number of halogens is 2. The van der Waals surface area contributed by atoms with Gasteiger partial charge in [0.15, 0.2) is 10.8 Å². The van der Waals surface area contributed by atoms with E-state index >= 15 is 0 Å². The Morgan fingerprint density at radius 3 is 2.50 bits per heavy atom. The van der Waals surface area contributed by atoms with Gasteiger partial charge in [-0.25, -0.2) is 19.4 Å². The zero-order chi connectivity index (χ0) is 31.5. The summed E-state index contributed by atoms with van der Waals surface area (Å²) in [5, 5.41) is 7.10. The number of β-lactam (4-membered cyclic amide) rings is 1. The molecular weight excluding hydrogens is 639 g/mol. The molecule has 1 unspecified atom stereocenters. The van der Waals surface area contributed by atoms with E-state index in [9.17, 15) is 28.2 Å². The number of ether oxygens (including phenoxy) is 1. The lowest BCUT2D eigenvalue weighted by Gasteiger charge is -2.49. The van der Waals surface area contributed by atoms with Crippen LogP contribution in [0.1, 0.15) is 33.4 Å². The Morgan fingerprint density at radius 1 is 1.26 bits per heavy atom. The predicted molar refractivity (Wildman–Crippen MR) is 151 cm³/mol. The number of hydrogen-bond donors (Lipinski definition) is 2. The summed E-state index contributed by atoms with van der Waals surface area (Å²) in [5.41, 5.74) is -1.90. The monoisotopic (exact) mass is 659 g/mol. The maximum Gasteiger partial charge on any atom is 0.413 e. The number of alkyl halides is 1. The molecule has 0 aromatic carbocycles. The molecule has 3 heterocycles. The molecule has 1 fully saturated rings. The van der Waals surface area contributed by atoms with Crippen molar-refractivity contribution in [3.8, 4) is 0 Å². The summed E-state index contributed by atoms with van der Waals surface area (Å²) >= 11 is 12.9. The maximum absolute atomic E-state index is 13.4. The third-order valence-electron chi connectivity index (χ3n) is 5.34. The molecule has 15 nitrogen and oxygen atoms in total. The molecule has 21 heteroatoms. The number of rotatable bonds is 9. The largest absolute Gasteiger partial charge is 0.541 e. The van der Waals surface area contributed by atoms with E-state index < -0.39 is 69.5 Å². The first-order valence-electron chi connectivity index (χ1n) is 11.6. The van der Waals surface area contributed by atoms with E-state index in [0.717, 1.165) is 16.2 Å². The molecule has 1 saturated heterocycles. The standard InChI is InChI=1S/C21H21B2Cl2N5O10S2/c1-7(17(33)38-22)40-29-10(9-13(25)41-19(27-9)28-20(35)37-21(2,3)4)14(31)26-11-15(32)30-12(18(34)39-23)8(5-24)6-42(36)16(11)30/h7,11,16H,5-6H2,1-4H3,(H,26,31)(H,27,28,35)/b29-10-/t7-,11-,16-,42?/m1/s1. The smallest absolute Gasteiger partial charge is 0.413 e. The van der Waals surface area contributed by atoms with Crippen molar-refractivity contribution in [2.75, 3.05) is 16.9 Å². The van der Waals surface area contributed by atoms with Crippen LogP contribution in [0.3, 0.4) is 0 Å². The van der Waals surface area contributed by atoms with Crippen LogP contribution in [0.4, 0.5) is 9.93 Å². The highest BCUT2D eigenvalue weighted by molar-refractivity contribution is 7.86. The van der Waals surface area contributed by atoms with Crippen LogP contribution < -0.4 is 10.6 Å². The Bertz CT molecular complexity index is 1400. The van der Waals surface area contributed by atoms with Crippen molar-refractivity contribution >= 4 is 102 Å². The summed E-state index contributed by atoms with van der Waals surface area (Å²) in [6.07, 6.45) is -2.26. The van der Waals surface area contributed by atoms with E-state index in [1.54, 1.807) is 20.8 Å². The van der Waals surface area contributed by atoms with Gasteiger partial charge in [-0.15, -0.1) is 11.6 Å². The molecule has 4 atom stereocenters. The minimum atomic E-state index is -1.80. The molecule has 222 valence electrons. The molecule has 1 aromatic heterocycles. The average Bonchev–Trinajstić information content (AvgIpc) is 3.27. The first-order valence-corrected chi connectivity index (χ1v) is 14.8. The number of hydrogen-bond acceptors (Lipinski definition) is 13. The minimum absolute atomic E-state index is 0.0953. The Balaban J connectivity index is 1.92. The zero-order valence-electron chi connectivity index (χ0n) is 22.3. The highest BCUT2D eigenvalue weighted by Crippen LogP contribution is 2.36. The SMILES string of the molecule is [B]OC(=O)C1=C(CCl)CS(=O)[C@@H]2[C@H](NC(=O)/C(=N\O[C@H](C)C(=O)O[B])c3nc(NC(=O)OC(C)(C)C)sc3Cl)C(=O)N12. The van der Waals surface area contributed by atoms with Crippen LogP contribution in [-0.4, -0.2) is 101 Å². The number of oxime groups is 1. The average molecular weight is 660 g/mol. The van der Waals surface area contributed by atoms with Crippen molar-refractivity contribution in [3.05, 3.63) is 21.3 Å². The van der Waals surface area contributed by atoms with Crippen LogP contribution in [0.2, 0.25) is 4.34 Å². The van der Waals surface area contributed by atoms with E-state index in [-0.39, 0.29) is 38.1 Å². The molecule has 3 amide bonds. The fraction of sp³-hybridized carbons (Fsp3) is 0.476. The van der Waals surface area contributed by atoms with Crippen molar-refractivity contribution in [2.45, 2.75) is 50.8 Å². The van der Waals surface area contributed by atoms with Gasteiger partial charge in [0.05, 0.1) is 16.6 Å². The first-order chi connectivity index (χ1) is 19.6. The highest BCUT2D eigenvalue weighted by atomic mass is 35.5. The summed E-state index contributed by atoms with van der Waals surface area (Å²) in [4.78, 5) is 72.5. The zero-order valence-corrected chi connectivity index (χ0v) is 25.4. The number of aromatic nitrogens is 1. The van der Waals surface area contributed by atoms with Crippen molar-refractivity contribution in [1.82, 2.24) is 15.2 Å². The molecule has 42 heavy (non-hydrogen) atoms. The molecule has 0 bridgehead atoms. The summed E-state index contributed by atoms with van der Waals surface area (Å²) in [7, 11) is 8.03. The number of thiazole rings is 1. The second-order valence-corrected chi connectivity index (χ2v) is 12.9. The lowest BCUT2D eigenvalue weighted by Crippen LogP contribution is -2.74. The van der Waals surface area contributed by atoms with Gasteiger partial charge in [-0.05, 0) is 33.3 Å². The second-order valence-electron chi connectivity index (χ2n) is 9.46. The summed E-state index contributed by atoms with van der Waals surface area (Å²) < 4.78 is 26.3. The topological polar surface area (TPSA) is 192 Å². The maximum atomic E-state index is 13.4. The van der Waals surface area contributed by atoms with Crippen molar-refractivity contribution < 1.29 is 47.1 Å². The molecule has 2 N–H and O–H groups in total. The highest BCUT2D eigenvalue weighted by Gasteiger charge is 2.57. The van der Waals surface area contributed by atoms with Crippen molar-refractivity contribution in [1.29, 1.82) is 0 Å². The number of anilines is 1. The molecule has 2 aliphatic rings. The molecule has 0 aliphatic carbocycles. The van der Waals surface area contributed by atoms with Gasteiger partial charge >= 0.3 is 34.1 Å². The molecule has 0 saturated carbocycles. The lowest BCUT2D eigenvalue weighted by atomic mass is 10.0. The third-order valence-corrected chi connectivity index (χ3v) is 8.48. The van der Waals surface area contributed by atoms with E-state index in [0.29, 0.717) is 0 Å². The fourth-order valence-electron chi connectivity index (χ4n) is 3.56. The van der Waals surface area contributed by atoms with Gasteiger partial charge in [-0.3, -0.25) is 24.0 Å². The second kappa shape index (κ2) is 13.4. The fourth-order valence-corrected chi connectivity index (χ4v) is 6.61. The molecular formula is C21H21B2Cl2N5O10S2. The Hall–Kier alpha value is -3.15. The van der Waals surface area contributed by atoms with E-state index in [1.165, 1.54) is 6.92 Å². The number of carbonyl (C=O) groups excluding carboxylic acids is 5. The molecule has 0 spiro atoms. The van der Waals surface area contributed by atoms with Crippen LogP contribution in [0, 0.1) is 0 Å². The summed E-state index contributed by atoms with van der Waals surface area (Å²) in [6.45, 7) is 6.14. The van der Waals surface area contributed by atoms with Crippen molar-refractivity contribution in [3.63, 3.8) is 0 Å². The quantitative estimate of drug-likeness (QED) is 0.123. The summed E-state index contributed by atoms with van der Waals surface area (Å²) in [6, 6.07) is -1.41. The lowest BCUT2D eigenvalue weighted by molar-refractivity contribution is -0.149. The number of nitrogens with zero attached hydrogens (tertiary/aromatic N) is 3.